The number of rotatable bonds is 4. The first-order valence-corrected chi connectivity index (χ1v) is 7.80. The van der Waals surface area contributed by atoms with E-state index in [1.165, 1.54) is 4.90 Å². The van der Waals surface area contributed by atoms with Crippen LogP contribution in [-0.4, -0.2) is 52.3 Å². The molecule has 1 heterocycles. The Morgan fingerprint density at radius 3 is 2.55 bits per heavy atom. The van der Waals surface area contributed by atoms with E-state index in [1.54, 1.807) is 18.2 Å². The summed E-state index contributed by atoms with van der Waals surface area (Å²) in [4.78, 5) is 24.5. The largest absolute Gasteiger partial charge is 0.482 e. The maximum atomic E-state index is 12.1. The molecule has 1 aromatic carbocycles. The Bertz CT molecular complexity index is 587. The second kappa shape index (κ2) is 6.85. The summed E-state index contributed by atoms with van der Waals surface area (Å²) in [6.07, 6.45) is 0.0141. The predicted octanol–water partition coefficient (Wildman–Crippen LogP) is 1.92. The van der Waals surface area contributed by atoms with E-state index in [2.05, 4.69) is 15.9 Å². The third-order valence-corrected chi connectivity index (χ3v) is 4.38. The normalized spacial score (nSPS) is 17.1. The van der Waals surface area contributed by atoms with Crippen molar-refractivity contribution in [2.24, 2.45) is 0 Å². The standard InChI is InChI=1S/C14H15BrClNO5/c15-9-1-2-11(10(16)7-9)22-8-12(18)17-5-3-14(21,4-6-17)13(19)20/h1-2,7,21H,3-6,8H2,(H,19,20). The summed E-state index contributed by atoms with van der Waals surface area (Å²) >= 11 is 9.27. The number of nitrogens with zero attached hydrogens (tertiary/aromatic N) is 1. The van der Waals surface area contributed by atoms with Crippen molar-refractivity contribution in [3.8, 4) is 5.75 Å². The summed E-state index contributed by atoms with van der Waals surface area (Å²) in [5, 5.41) is 19.1. The Morgan fingerprint density at radius 2 is 2.00 bits per heavy atom. The molecule has 1 aliphatic heterocycles. The highest BCUT2D eigenvalue weighted by Gasteiger charge is 2.40. The van der Waals surface area contributed by atoms with Crippen molar-refractivity contribution >= 4 is 39.4 Å². The minimum Gasteiger partial charge on any atom is -0.482 e. The first-order valence-electron chi connectivity index (χ1n) is 6.63. The molecular formula is C14H15BrClNO5. The molecule has 0 aromatic heterocycles. The zero-order chi connectivity index (χ0) is 16.3. The molecule has 0 bridgehead atoms. The van der Waals surface area contributed by atoms with Gasteiger partial charge in [0.25, 0.3) is 5.91 Å². The molecule has 22 heavy (non-hydrogen) atoms. The average Bonchev–Trinajstić information content (AvgIpc) is 2.46. The number of ether oxygens (including phenoxy) is 1. The Morgan fingerprint density at radius 1 is 1.36 bits per heavy atom. The second-order valence-electron chi connectivity index (χ2n) is 5.08. The Kier molecular flexibility index (Phi) is 5.31. The van der Waals surface area contributed by atoms with Gasteiger partial charge in [-0.15, -0.1) is 0 Å². The van der Waals surface area contributed by atoms with E-state index in [-0.39, 0.29) is 38.4 Å². The fraction of sp³-hybridized carbons (Fsp3) is 0.429. The molecular weight excluding hydrogens is 378 g/mol. The van der Waals surface area contributed by atoms with Gasteiger partial charge in [-0.25, -0.2) is 4.79 Å². The van der Waals surface area contributed by atoms with Crippen LogP contribution in [0.5, 0.6) is 5.75 Å². The molecule has 0 atom stereocenters. The molecule has 1 fully saturated rings. The minimum absolute atomic E-state index is 0.00706. The summed E-state index contributed by atoms with van der Waals surface area (Å²) in [6, 6.07) is 5.06. The Hall–Kier alpha value is -1.31. The van der Waals surface area contributed by atoms with Crippen LogP contribution in [0.4, 0.5) is 0 Å². The fourth-order valence-corrected chi connectivity index (χ4v) is 2.89. The highest BCUT2D eigenvalue weighted by atomic mass is 79.9. The smallest absolute Gasteiger partial charge is 0.335 e. The van der Waals surface area contributed by atoms with Gasteiger partial charge in [0.15, 0.2) is 12.2 Å². The molecule has 120 valence electrons. The van der Waals surface area contributed by atoms with Crippen LogP contribution in [0.25, 0.3) is 0 Å². The molecule has 1 aliphatic rings. The third kappa shape index (κ3) is 3.91. The van der Waals surface area contributed by atoms with Gasteiger partial charge in [-0.05, 0) is 18.2 Å². The molecule has 1 aromatic rings. The highest BCUT2D eigenvalue weighted by Crippen LogP contribution is 2.28. The lowest BCUT2D eigenvalue weighted by atomic mass is 9.92. The van der Waals surface area contributed by atoms with E-state index in [4.69, 9.17) is 21.4 Å². The van der Waals surface area contributed by atoms with Gasteiger partial charge in [0, 0.05) is 30.4 Å². The maximum absolute atomic E-state index is 12.1. The number of hydrogen-bond donors (Lipinski definition) is 2. The lowest BCUT2D eigenvalue weighted by molar-refractivity contribution is -0.165. The number of aliphatic carboxylic acids is 1. The van der Waals surface area contributed by atoms with Crippen molar-refractivity contribution in [2.45, 2.75) is 18.4 Å². The van der Waals surface area contributed by atoms with Crippen LogP contribution in [0, 0.1) is 0 Å². The van der Waals surface area contributed by atoms with Crippen LogP contribution in [0.3, 0.4) is 0 Å². The van der Waals surface area contributed by atoms with E-state index >= 15 is 0 Å². The molecule has 6 nitrogen and oxygen atoms in total. The van der Waals surface area contributed by atoms with Crippen molar-refractivity contribution in [1.82, 2.24) is 4.90 Å². The SMILES string of the molecule is O=C(COc1ccc(Br)cc1Cl)N1CCC(O)(C(=O)O)CC1. The van der Waals surface area contributed by atoms with Gasteiger partial charge in [-0.1, -0.05) is 27.5 Å². The molecule has 8 heteroatoms. The Labute approximate surface area is 140 Å². The molecule has 0 radical (unpaired) electrons. The van der Waals surface area contributed by atoms with Crippen molar-refractivity contribution in [1.29, 1.82) is 0 Å². The topological polar surface area (TPSA) is 87.1 Å². The number of aliphatic hydroxyl groups is 1. The lowest BCUT2D eigenvalue weighted by Crippen LogP contribution is -2.51. The van der Waals surface area contributed by atoms with E-state index in [9.17, 15) is 14.7 Å². The quantitative estimate of drug-likeness (QED) is 0.817. The van der Waals surface area contributed by atoms with E-state index in [1.807, 2.05) is 0 Å². The first-order chi connectivity index (χ1) is 10.3. The number of carboxylic acids is 1. The van der Waals surface area contributed by atoms with E-state index < -0.39 is 11.6 Å². The summed E-state index contributed by atoms with van der Waals surface area (Å²) in [7, 11) is 0. The third-order valence-electron chi connectivity index (χ3n) is 3.59. The van der Waals surface area contributed by atoms with E-state index in [0.717, 1.165) is 4.47 Å². The van der Waals surface area contributed by atoms with Crippen LogP contribution in [0.15, 0.2) is 22.7 Å². The van der Waals surface area contributed by atoms with Gasteiger partial charge in [-0.3, -0.25) is 4.79 Å². The summed E-state index contributed by atoms with van der Waals surface area (Å²) in [5.74, 6) is -1.12. The van der Waals surface area contributed by atoms with Gasteiger partial charge in [0.2, 0.25) is 0 Å². The zero-order valence-corrected chi connectivity index (χ0v) is 13.9. The molecule has 0 aliphatic carbocycles. The zero-order valence-electron chi connectivity index (χ0n) is 11.6. The number of hydrogen-bond acceptors (Lipinski definition) is 4. The number of piperidine rings is 1. The highest BCUT2D eigenvalue weighted by molar-refractivity contribution is 9.10. The summed E-state index contributed by atoms with van der Waals surface area (Å²) in [5.41, 5.74) is -1.74. The van der Waals surface area contributed by atoms with Gasteiger partial charge in [0.1, 0.15) is 5.75 Å². The van der Waals surface area contributed by atoms with Crippen LogP contribution < -0.4 is 4.74 Å². The number of benzene rings is 1. The van der Waals surface area contributed by atoms with Gasteiger partial charge >= 0.3 is 5.97 Å². The van der Waals surface area contributed by atoms with Gasteiger partial charge < -0.3 is 19.8 Å². The van der Waals surface area contributed by atoms with Gasteiger partial charge in [-0.2, -0.15) is 0 Å². The number of carboxylic acid groups (broad SMARTS) is 1. The second-order valence-corrected chi connectivity index (χ2v) is 6.40. The summed E-state index contributed by atoms with van der Waals surface area (Å²) < 4.78 is 6.19. The van der Waals surface area contributed by atoms with Crippen molar-refractivity contribution in [3.63, 3.8) is 0 Å². The van der Waals surface area contributed by atoms with Crippen LogP contribution in [0.1, 0.15) is 12.8 Å². The monoisotopic (exact) mass is 391 g/mol. The predicted molar refractivity (Wildman–Crippen MR) is 83.0 cm³/mol. The average molecular weight is 393 g/mol. The van der Waals surface area contributed by atoms with Gasteiger partial charge in [0.05, 0.1) is 5.02 Å². The molecule has 0 unspecified atom stereocenters. The molecule has 2 N–H and O–H groups in total. The fourth-order valence-electron chi connectivity index (χ4n) is 2.16. The maximum Gasteiger partial charge on any atom is 0.335 e. The van der Waals surface area contributed by atoms with E-state index in [0.29, 0.717) is 10.8 Å². The molecule has 1 saturated heterocycles. The number of amides is 1. The molecule has 0 spiro atoms. The minimum atomic E-state index is -1.74. The molecule has 2 rings (SSSR count). The first kappa shape index (κ1) is 17.1. The lowest BCUT2D eigenvalue weighted by Gasteiger charge is -2.35. The van der Waals surface area contributed by atoms with Crippen molar-refractivity contribution in [3.05, 3.63) is 27.7 Å². The van der Waals surface area contributed by atoms with Crippen LogP contribution >= 0.6 is 27.5 Å². The van der Waals surface area contributed by atoms with Crippen LogP contribution in [0.2, 0.25) is 5.02 Å². The number of carbonyl (C=O) groups excluding carboxylic acids is 1. The summed E-state index contributed by atoms with van der Waals surface area (Å²) in [6.45, 7) is 0.172. The van der Waals surface area contributed by atoms with Crippen LogP contribution in [-0.2, 0) is 9.59 Å². The molecule has 1 amide bonds. The Balaban J connectivity index is 1.87. The molecule has 0 saturated carbocycles. The van der Waals surface area contributed by atoms with Crippen molar-refractivity contribution < 1.29 is 24.5 Å². The number of likely N-dealkylation sites (tertiary alicyclic amines) is 1. The van der Waals surface area contributed by atoms with Crippen molar-refractivity contribution in [2.75, 3.05) is 19.7 Å². The number of halogens is 2. The number of carbonyl (C=O) groups is 2.